The zero-order chi connectivity index (χ0) is 14.5. The molecule has 0 amide bonds. The van der Waals surface area contributed by atoms with E-state index in [4.69, 9.17) is 5.26 Å². The van der Waals surface area contributed by atoms with Gasteiger partial charge in [-0.25, -0.2) is 0 Å². The average Bonchev–Trinajstić information content (AvgIpc) is 2.24. The Kier molecular flexibility index (Phi) is 6.08. The predicted molar refractivity (Wildman–Crippen MR) is 67.5 cm³/mol. The molecule has 0 bridgehead atoms. The van der Waals surface area contributed by atoms with Crippen LogP contribution in [0.5, 0.6) is 0 Å². The lowest BCUT2D eigenvalue weighted by Gasteiger charge is -2.37. The van der Waals surface area contributed by atoms with Gasteiger partial charge >= 0.3 is 6.18 Å². The lowest BCUT2D eigenvalue weighted by molar-refractivity contribution is -0.148. The molecule has 1 fully saturated rings. The first-order valence-corrected chi connectivity index (χ1v) is 6.69. The van der Waals surface area contributed by atoms with Crippen LogP contribution in [0.3, 0.4) is 0 Å². The minimum absolute atomic E-state index is 0.0526. The van der Waals surface area contributed by atoms with Crippen LogP contribution < -0.4 is 5.32 Å². The number of hydrogen-bond donors (Lipinski definition) is 1. The van der Waals surface area contributed by atoms with E-state index >= 15 is 0 Å². The molecule has 110 valence electrons. The Labute approximate surface area is 112 Å². The summed E-state index contributed by atoms with van der Waals surface area (Å²) in [7, 11) is 0. The van der Waals surface area contributed by atoms with Crippen molar-refractivity contribution in [2.45, 2.75) is 38.9 Å². The van der Waals surface area contributed by atoms with Gasteiger partial charge in [-0.1, -0.05) is 13.8 Å². The molecular formula is C13H22F3N3. The van der Waals surface area contributed by atoms with Crippen molar-refractivity contribution in [1.29, 1.82) is 5.26 Å². The lowest BCUT2D eigenvalue weighted by Crippen LogP contribution is -2.50. The van der Waals surface area contributed by atoms with E-state index in [1.807, 2.05) is 11.0 Å². The van der Waals surface area contributed by atoms with E-state index < -0.39 is 18.5 Å². The second kappa shape index (κ2) is 7.11. The van der Waals surface area contributed by atoms with E-state index in [0.29, 0.717) is 25.4 Å². The number of halogens is 3. The SMILES string of the molecule is CC(C)CNC1CC(CC(F)(F)F)CN(CC#N)C1. The molecule has 1 N–H and O–H groups in total. The van der Waals surface area contributed by atoms with Crippen LogP contribution in [0.1, 0.15) is 26.7 Å². The van der Waals surface area contributed by atoms with E-state index in [1.165, 1.54) is 0 Å². The summed E-state index contributed by atoms with van der Waals surface area (Å²) in [6.45, 7) is 6.16. The number of likely N-dealkylation sites (tertiary alicyclic amines) is 1. The number of hydrogen-bond acceptors (Lipinski definition) is 3. The van der Waals surface area contributed by atoms with Crippen LogP contribution >= 0.6 is 0 Å². The van der Waals surface area contributed by atoms with Crippen molar-refractivity contribution in [3.8, 4) is 6.07 Å². The van der Waals surface area contributed by atoms with Crippen LogP contribution in [0.4, 0.5) is 13.2 Å². The van der Waals surface area contributed by atoms with Crippen molar-refractivity contribution in [1.82, 2.24) is 10.2 Å². The highest BCUT2D eigenvalue weighted by Gasteiger charge is 2.36. The van der Waals surface area contributed by atoms with Crippen LogP contribution in [-0.4, -0.2) is 43.3 Å². The molecule has 0 aromatic carbocycles. The molecule has 0 aromatic rings. The highest BCUT2D eigenvalue weighted by molar-refractivity contribution is 4.88. The minimum atomic E-state index is -4.12. The second-order valence-electron chi connectivity index (χ2n) is 5.77. The number of alkyl halides is 3. The van der Waals surface area contributed by atoms with E-state index in [0.717, 1.165) is 6.54 Å². The first-order chi connectivity index (χ1) is 8.80. The van der Waals surface area contributed by atoms with Gasteiger partial charge in [-0.2, -0.15) is 18.4 Å². The first-order valence-electron chi connectivity index (χ1n) is 6.69. The number of rotatable bonds is 5. The molecule has 3 nitrogen and oxygen atoms in total. The number of piperidine rings is 1. The summed E-state index contributed by atoms with van der Waals surface area (Å²) in [6.07, 6.45) is -4.34. The molecule has 0 aromatic heterocycles. The molecular weight excluding hydrogens is 255 g/mol. The molecule has 2 unspecified atom stereocenters. The van der Waals surface area contributed by atoms with Crippen molar-refractivity contribution in [3.05, 3.63) is 0 Å². The van der Waals surface area contributed by atoms with Crippen molar-refractivity contribution in [2.75, 3.05) is 26.2 Å². The Morgan fingerprint density at radius 2 is 2.05 bits per heavy atom. The summed E-state index contributed by atoms with van der Waals surface area (Å²) in [6, 6.07) is 2.08. The molecule has 0 radical (unpaired) electrons. The third-order valence-corrected chi connectivity index (χ3v) is 3.24. The van der Waals surface area contributed by atoms with Gasteiger partial charge in [-0.05, 0) is 24.8 Å². The van der Waals surface area contributed by atoms with E-state index in [-0.39, 0.29) is 12.6 Å². The smallest absolute Gasteiger partial charge is 0.312 e. The average molecular weight is 277 g/mol. The molecule has 0 spiro atoms. The number of nitrogens with zero attached hydrogens (tertiary/aromatic N) is 2. The maximum Gasteiger partial charge on any atom is 0.389 e. The molecule has 1 aliphatic rings. The molecule has 0 aliphatic carbocycles. The first kappa shape index (κ1) is 16.3. The molecule has 0 saturated carbocycles. The standard InChI is InChI=1S/C13H22F3N3/c1-10(2)7-18-12-5-11(6-13(14,15)16)8-19(9-12)4-3-17/h10-12,18H,4-9H2,1-2H3. The largest absolute Gasteiger partial charge is 0.389 e. The van der Waals surface area contributed by atoms with Crippen LogP contribution in [0, 0.1) is 23.2 Å². The molecule has 1 aliphatic heterocycles. The number of nitriles is 1. The Bertz CT molecular complexity index is 309. The Hall–Kier alpha value is -0.800. The summed E-state index contributed by atoms with van der Waals surface area (Å²) in [4.78, 5) is 1.82. The topological polar surface area (TPSA) is 39.1 Å². The van der Waals surface area contributed by atoms with Gasteiger partial charge < -0.3 is 5.32 Å². The fraction of sp³-hybridized carbons (Fsp3) is 0.923. The monoisotopic (exact) mass is 277 g/mol. The zero-order valence-corrected chi connectivity index (χ0v) is 11.5. The van der Waals surface area contributed by atoms with Crippen LogP contribution in [0.2, 0.25) is 0 Å². The van der Waals surface area contributed by atoms with Crippen molar-refractivity contribution >= 4 is 0 Å². The lowest BCUT2D eigenvalue weighted by atomic mass is 9.91. The van der Waals surface area contributed by atoms with E-state index in [1.54, 1.807) is 0 Å². The molecule has 6 heteroatoms. The second-order valence-corrected chi connectivity index (χ2v) is 5.77. The Morgan fingerprint density at radius 3 is 2.58 bits per heavy atom. The van der Waals surface area contributed by atoms with Gasteiger partial charge in [0.2, 0.25) is 0 Å². The van der Waals surface area contributed by atoms with Crippen molar-refractivity contribution < 1.29 is 13.2 Å². The van der Waals surface area contributed by atoms with Gasteiger partial charge in [-0.3, -0.25) is 4.90 Å². The van der Waals surface area contributed by atoms with Gasteiger partial charge in [0.25, 0.3) is 0 Å². The maximum absolute atomic E-state index is 12.5. The normalized spacial score (nSPS) is 25.5. The zero-order valence-electron chi connectivity index (χ0n) is 11.5. The molecule has 1 saturated heterocycles. The van der Waals surface area contributed by atoms with Gasteiger partial charge in [0.1, 0.15) is 0 Å². The molecule has 1 rings (SSSR count). The van der Waals surface area contributed by atoms with Crippen LogP contribution in [0.15, 0.2) is 0 Å². The van der Waals surface area contributed by atoms with Gasteiger partial charge in [0.15, 0.2) is 0 Å². The quantitative estimate of drug-likeness (QED) is 0.784. The van der Waals surface area contributed by atoms with Gasteiger partial charge in [0.05, 0.1) is 12.6 Å². The van der Waals surface area contributed by atoms with E-state index in [2.05, 4.69) is 19.2 Å². The predicted octanol–water partition coefficient (Wildman–Crippen LogP) is 2.40. The third-order valence-electron chi connectivity index (χ3n) is 3.24. The molecule has 19 heavy (non-hydrogen) atoms. The summed E-state index contributed by atoms with van der Waals surface area (Å²) in [5.74, 6) is 0.0548. The molecule has 2 atom stereocenters. The molecule has 1 heterocycles. The fourth-order valence-electron chi connectivity index (χ4n) is 2.56. The van der Waals surface area contributed by atoms with Crippen molar-refractivity contribution in [3.63, 3.8) is 0 Å². The maximum atomic E-state index is 12.5. The van der Waals surface area contributed by atoms with Gasteiger partial charge in [0, 0.05) is 25.6 Å². The van der Waals surface area contributed by atoms with Crippen LogP contribution in [0.25, 0.3) is 0 Å². The fourth-order valence-corrected chi connectivity index (χ4v) is 2.56. The third kappa shape index (κ3) is 6.79. The van der Waals surface area contributed by atoms with E-state index in [9.17, 15) is 13.2 Å². The summed E-state index contributed by atoms with van der Waals surface area (Å²) < 4.78 is 37.5. The van der Waals surface area contributed by atoms with Crippen LogP contribution in [-0.2, 0) is 0 Å². The van der Waals surface area contributed by atoms with Gasteiger partial charge in [-0.15, -0.1) is 0 Å². The van der Waals surface area contributed by atoms with Crippen molar-refractivity contribution in [2.24, 2.45) is 11.8 Å². The summed E-state index contributed by atoms with van der Waals surface area (Å²) in [5.41, 5.74) is 0. The summed E-state index contributed by atoms with van der Waals surface area (Å²) in [5, 5.41) is 12.0. The summed E-state index contributed by atoms with van der Waals surface area (Å²) >= 11 is 0. The highest BCUT2D eigenvalue weighted by atomic mass is 19.4. The minimum Gasteiger partial charge on any atom is -0.312 e. The highest BCUT2D eigenvalue weighted by Crippen LogP contribution is 2.30. The Morgan fingerprint density at radius 1 is 1.37 bits per heavy atom. The number of nitrogens with one attached hydrogen (secondary N) is 1. The Balaban J connectivity index is 2.55.